The van der Waals surface area contributed by atoms with Crippen LogP contribution in [-0.2, 0) is 16.6 Å². The molecule has 4 heteroatoms. The zero-order chi connectivity index (χ0) is 14.0. The van der Waals surface area contributed by atoms with Crippen LogP contribution in [0.4, 0.5) is 10.1 Å². The molecule has 0 spiro atoms. The van der Waals surface area contributed by atoms with Crippen molar-refractivity contribution in [3.63, 3.8) is 0 Å². The second-order valence-corrected chi connectivity index (χ2v) is 6.03. The highest BCUT2D eigenvalue weighted by Crippen LogP contribution is 2.21. The van der Waals surface area contributed by atoms with E-state index in [2.05, 4.69) is 0 Å². The predicted molar refractivity (Wildman–Crippen MR) is 76.8 cm³/mol. The maximum atomic E-state index is 13.3. The van der Waals surface area contributed by atoms with Crippen molar-refractivity contribution in [3.8, 4) is 0 Å². The third-order valence-electron chi connectivity index (χ3n) is 3.08. The Hall–Kier alpha value is -1.68. The Labute approximate surface area is 114 Å². The Bertz CT molecular complexity index is 600. The monoisotopic (exact) mass is 277 g/mol. The van der Waals surface area contributed by atoms with Gasteiger partial charge in [-0.2, -0.15) is 0 Å². The number of rotatable bonds is 3. The molecule has 1 unspecified atom stereocenters. The summed E-state index contributed by atoms with van der Waals surface area (Å²) >= 11 is 0. The maximum absolute atomic E-state index is 13.3. The van der Waals surface area contributed by atoms with Gasteiger partial charge in [-0.25, -0.2) is 4.39 Å². The molecule has 0 saturated heterocycles. The summed E-state index contributed by atoms with van der Waals surface area (Å²) in [5.74, 6) is -0.0774. The molecule has 0 saturated carbocycles. The molecule has 0 bridgehead atoms. The third kappa shape index (κ3) is 3.20. The summed E-state index contributed by atoms with van der Waals surface area (Å²) in [4.78, 5) is 0.431. The van der Waals surface area contributed by atoms with E-state index < -0.39 is 16.6 Å². The molecule has 2 rings (SSSR count). The Morgan fingerprint density at radius 1 is 1.16 bits per heavy atom. The summed E-state index contributed by atoms with van der Waals surface area (Å²) in [6, 6.07) is 10.0. The van der Waals surface area contributed by atoms with Gasteiger partial charge in [0.2, 0.25) is 0 Å². The lowest BCUT2D eigenvalue weighted by molar-refractivity contribution is 0.623. The fourth-order valence-electron chi connectivity index (χ4n) is 2.01. The molecular formula is C15H16FNOS. The van der Waals surface area contributed by atoms with Gasteiger partial charge in [-0.1, -0.05) is 18.2 Å². The lowest BCUT2D eigenvalue weighted by Gasteiger charge is -2.10. The van der Waals surface area contributed by atoms with E-state index in [9.17, 15) is 8.60 Å². The van der Waals surface area contributed by atoms with Crippen molar-refractivity contribution in [2.24, 2.45) is 0 Å². The molecule has 2 N–H and O–H groups in total. The average Bonchev–Trinajstić information content (AvgIpc) is 2.32. The highest BCUT2D eigenvalue weighted by atomic mass is 32.2. The molecule has 0 aliphatic carbocycles. The minimum absolute atomic E-state index is 0.296. The number of anilines is 1. The number of hydrogen-bond donors (Lipinski definition) is 1. The fourth-order valence-corrected chi connectivity index (χ4v) is 3.40. The van der Waals surface area contributed by atoms with Gasteiger partial charge in [-0.3, -0.25) is 4.21 Å². The lowest BCUT2D eigenvalue weighted by Crippen LogP contribution is -2.02. The summed E-state index contributed by atoms with van der Waals surface area (Å²) < 4.78 is 25.6. The van der Waals surface area contributed by atoms with Crippen LogP contribution in [0.1, 0.15) is 16.7 Å². The molecular weight excluding hydrogens is 261 g/mol. The van der Waals surface area contributed by atoms with Crippen LogP contribution in [-0.4, -0.2) is 4.21 Å². The molecule has 2 aromatic rings. The Morgan fingerprint density at radius 3 is 2.37 bits per heavy atom. The molecule has 1 atom stereocenters. The number of aryl methyl sites for hydroxylation is 2. The first-order chi connectivity index (χ1) is 8.97. The quantitative estimate of drug-likeness (QED) is 0.874. The fraction of sp³-hybridized carbons (Fsp3) is 0.200. The molecule has 0 radical (unpaired) electrons. The van der Waals surface area contributed by atoms with E-state index in [0.717, 1.165) is 16.7 Å². The highest BCUT2D eigenvalue weighted by molar-refractivity contribution is 7.84. The maximum Gasteiger partial charge on any atom is 0.126 e. The Balaban J connectivity index is 2.31. The highest BCUT2D eigenvalue weighted by Gasteiger charge is 2.11. The van der Waals surface area contributed by atoms with Gasteiger partial charge < -0.3 is 5.73 Å². The van der Waals surface area contributed by atoms with Gasteiger partial charge in [0.15, 0.2) is 0 Å². The largest absolute Gasteiger partial charge is 0.399 e. The van der Waals surface area contributed by atoms with E-state index in [4.69, 9.17) is 5.73 Å². The van der Waals surface area contributed by atoms with Gasteiger partial charge >= 0.3 is 0 Å². The molecule has 0 aromatic heterocycles. The molecule has 0 fully saturated rings. The van der Waals surface area contributed by atoms with Crippen LogP contribution in [0.2, 0.25) is 0 Å². The van der Waals surface area contributed by atoms with Gasteiger partial charge in [0.25, 0.3) is 0 Å². The second kappa shape index (κ2) is 5.53. The zero-order valence-corrected chi connectivity index (χ0v) is 11.8. The first-order valence-corrected chi connectivity index (χ1v) is 7.29. The predicted octanol–water partition coefficient (Wildman–Crippen LogP) is 3.33. The minimum Gasteiger partial charge on any atom is -0.399 e. The molecule has 100 valence electrons. The lowest BCUT2D eigenvalue weighted by atomic mass is 10.1. The van der Waals surface area contributed by atoms with Crippen LogP contribution in [0, 0.1) is 19.7 Å². The van der Waals surface area contributed by atoms with E-state index in [1.807, 2.05) is 32.0 Å². The molecule has 19 heavy (non-hydrogen) atoms. The van der Waals surface area contributed by atoms with Crippen molar-refractivity contribution < 1.29 is 8.60 Å². The summed E-state index contributed by atoms with van der Waals surface area (Å²) in [5, 5.41) is 0. The van der Waals surface area contributed by atoms with Gasteiger partial charge in [0.1, 0.15) is 5.82 Å². The molecule has 2 nitrogen and oxygen atoms in total. The third-order valence-corrected chi connectivity index (χ3v) is 4.39. The molecule has 0 amide bonds. The zero-order valence-electron chi connectivity index (χ0n) is 10.9. The van der Waals surface area contributed by atoms with Gasteiger partial charge in [-0.05, 0) is 48.7 Å². The summed E-state index contributed by atoms with van der Waals surface area (Å²) in [6.45, 7) is 3.97. The standard InChI is InChI=1S/C15H16FNOS/c1-10-4-3-5-11(2)15(10)9-19(18)14-7-12(16)6-13(17)8-14/h3-8H,9,17H2,1-2H3. The Kier molecular flexibility index (Phi) is 4.00. The van der Waals surface area contributed by atoms with E-state index in [0.29, 0.717) is 16.3 Å². The second-order valence-electron chi connectivity index (χ2n) is 4.58. The number of nitrogen functional groups attached to an aromatic ring is 1. The smallest absolute Gasteiger partial charge is 0.126 e. The SMILES string of the molecule is Cc1cccc(C)c1CS(=O)c1cc(N)cc(F)c1. The number of hydrogen-bond acceptors (Lipinski definition) is 2. The van der Waals surface area contributed by atoms with Crippen LogP contribution in [0.15, 0.2) is 41.3 Å². The van der Waals surface area contributed by atoms with Crippen molar-refractivity contribution in [1.29, 1.82) is 0 Å². The van der Waals surface area contributed by atoms with Crippen molar-refractivity contribution >= 4 is 16.5 Å². The van der Waals surface area contributed by atoms with Gasteiger partial charge in [0, 0.05) is 10.6 Å². The number of benzene rings is 2. The Morgan fingerprint density at radius 2 is 1.79 bits per heavy atom. The van der Waals surface area contributed by atoms with Crippen molar-refractivity contribution in [2.75, 3.05) is 5.73 Å². The van der Waals surface area contributed by atoms with Crippen molar-refractivity contribution in [3.05, 3.63) is 58.9 Å². The molecule has 0 aliphatic rings. The first kappa shape index (κ1) is 13.7. The average molecular weight is 277 g/mol. The molecule has 0 aliphatic heterocycles. The van der Waals surface area contributed by atoms with Gasteiger partial charge in [-0.15, -0.1) is 0 Å². The first-order valence-electron chi connectivity index (χ1n) is 5.97. The van der Waals surface area contributed by atoms with E-state index in [-0.39, 0.29) is 0 Å². The van der Waals surface area contributed by atoms with E-state index in [1.54, 1.807) is 6.07 Å². The summed E-state index contributed by atoms with van der Waals surface area (Å²) in [7, 11) is -1.30. The van der Waals surface area contributed by atoms with Crippen LogP contribution in [0.5, 0.6) is 0 Å². The van der Waals surface area contributed by atoms with Crippen molar-refractivity contribution in [1.82, 2.24) is 0 Å². The van der Waals surface area contributed by atoms with Gasteiger partial charge in [0.05, 0.1) is 16.6 Å². The van der Waals surface area contributed by atoms with E-state index >= 15 is 0 Å². The number of nitrogens with two attached hydrogens (primary N) is 1. The molecule has 2 aromatic carbocycles. The van der Waals surface area contributed by atoms with Crippen LogP contribution in [0.25, 0.3) is 0 Å². The van der Waals surface area contributed by atoms with Crippen LogP contribution < -0.4 is 5.73 Å². The minimum atomic E-state index is -1.30. The van der Waals surface area contributed by atoms with Crippen molar-refractivity contribution in [2.45, 2.75) is 24.5 Å². The molecule has 0 heterocycles. The van der Waals surface area contributed by atoms with Crippen LogP contribution >= 0.6 is 0 Å². The summed E-state index contributed by atoms with van der Waals surface area (Å²) in [5.41, 5.74) is 9.11. The topological polar surface area (TPSA) is 43.1 Å². The van der Waals surface area contributed by atoms with Crippen LogP contribution in [0.3, 0.4) is 0 Å². The summed E-state index contributed by atoms with van der Waals surface area (Å²) in [6.07, 6.45) is 0. The van der Waals surface area contributed by atoms with E-state index in [1.165, 1.54) is 12.1 Å². The number of halogens is 1. The normalized spacial score (nSPS) is 12.4.